The van der Waals surface area contributed by atoms with E-state index in [1.807, 2.05) is 35.2 Å². The Hall–Kier alpha value is -2.82. The van der Waals surface area contributed by atoms with Crippen LogP contribution in [0, 0.1) is 5.41 Å². The lowest BCUT2D eigenvalue weighted by molar-refractivity contribution is -0.128. The van der Waals surface area contributed by atoms with Crippen molar-refractivity contribution in [2.75, 3.05) is 16.8 Å². The molecule has 1 saturated heterocycles. The van der Waals surface area contributed by atoms with Gasteiger partial charge in [0.25, 0.3) is 0 Å². The minimum atomic E-state index is -0.424. The third kappa shape index (κ3) is 4.14. The lowest BCUT2D eigenvalue weighted by atomic mass is 9.72. The molecular formula is C24H28N2O3. The van der Waals surface area contributed by atoms with Crippen LogP contribution in [0.2, 0.25) is 0 Å². The number of ether oxygens (including phenoxy) is 1. The molecule has 0 unspecified atom stereocenters. The number of carbonyl (C=O) groups excluding carboxylic acids is 2. The molecule has 4 rings (SSSR count). The SMILES string of the molecule is CCc1ccc(N2CC[C@]3(CC[C@@H](OC(=O)Nc4ccccc4)CC3)C2=O)cc1. The molecule has 152 valence electrons. The second-order valence-corrected chi connectivity index (χ2v) is 8.10. The first-order valence-electron chi connectivity index (χ1n) is 10.5. The van der Waals surface area contributed by atoms with Crippen LogP contribution in [0.15, 0.2) is 54.6 Å². The van der Waals surface area contributed by atoms with Crippen LogP contribution in [0.1, 0.15) is 44.6 Å². The Morgan fingerprint density at radius 1 is 1.07 bits per heavy atom. The second kappa shape index (κ2) is 8.27. The van der Waals surface area contributed by atoms with E-state index >= 15 is 0 Å². The molecule has 2 aromatic rings. The first-order chi connectivity index (χ1) is 14.1. The molecule has 2 amide bonds. The van der Waals surface area contributed by atoms with Crippen molar-refractivity contribution in [3.63, 3.8) is 0 Å². The van der Waals surface area contributed by atoms with E-state index in [0.29, 0.717) is 0 Å². The second-order valence-electron chi connectivity index (χ2n) is 8.10. The summed E-state index contributed by atoms with van der Waals surface area (Å²) < 4.78 is 5.60. The molecule has 0 bridgehead atoms. The lowest BCUT2D eigenvalue weighted by Gasteiger charge is -2.35. The fourth-order valence-electron chi connectivity index (χ4n) is 4.52. The van der Waals surface area contributed by atoms with Gasteiger partial charge in [-0.15, -0.1) is 0 Å². The zero-order valence-corrected chi connectivity index (χ0v) is 16.9. The highest BCUT2D eigenvalue weighted by atomic mass is 16.6. The quantitative estimate of drug-likeness (QED) is 0.781. The van der Waals surface area contributed by atoms with Gasteiger partial charge in [0.1, 0.15) is 6.10 Å². The Kier molecular flexibility index (Phi) is 5.56. The van der Waals surface area contributed by atoms with Crippen molar-refractivity contribution in [2.24, 2.45) is 5.41 Å². The number of rotatable bonds is 4. The van der Waals surface area contributed by atoms with Crippen LogP contribution in [0.25, 0.3) is 0 Å². The molecular weight excluding hydrogens is 364 g/mol. The zero-order valence-electron chi connectivity index (χ0n) is 16.9. The van der Waals surface area contributed by atoms with E-state index in [-0.39, 0.29) is 17.4 Å². The van der Waals surface area contributed by atoms with Gasteiger partial charge < -0.3 is 9.64 Å². The molecule has 5 nitrogen and oxygen atoms in total. The van der Waals surface area contributed by atoms with E-state index in [9.17, 15) is 9.59 Å². The summed E-state index contributed by atoms with van der Waals surface area (Å²) in [6.07, 6.45) is 4.34. The van der Waals surface area contributed by atoms with E-state index in [1.54, 1.807) is 0 Å². The summed E-state index contributed by atoms with van der Waals surface area (Å²) in [5.74, 6) is 0.230. The monoisotopic (exact) mass is 392 g/mol. The Balaban J connectivity index is 1.32. The number of para-hydroxylation sites is 1. The van der Waals surface area contributed by atoms with Crippen molar-refractivity contribution >= 4 is 23.4 Å². The smallest absolute Gasteiger partial charge is 0.411 e. The first kappa shape index (κ1) is 19.5. The number of hydrogen-bond acceptors (Lipinski definition) is 3. The minimum absolute atomic E-state index is 0.130. The summed E-state index contributed by atoms with van der Waals surface area (Å²) in [5, 5.41) is 2.76. The highest BCUT2D eigenvalue weighted by Gasteiger charge is 2.49. The molecule has 1 aliphatic carbocycles. The molecule has 0 atom stereocenters. The van der Waals surface area contributed by atoms with Crippen LogP contribution < -0.4 is 10.2 Å². The first-order valence-corrected chi connectivity index (χ1v) is 10.5. The van der Waals surface area contributed by atoms with E-state index < -0.39 is 6.09 Å². The van der Waals surface area contributed by atoms with Crippen LogP contribution >= 0.6 is 0 Å². The molecule has 0 radical (unpaired) electrons. The number of carbonyl (C=O) groups is 2. The number of anilines is 2. The van der Waals surface area contributed by atoms with Gasteiger partial charge in [0.05, 0.1) is 5.41 Å². The van der Waals surface area contributed by atoms with Gasteiger partial charge in [0.2, 0.25) is 5.91 Å². The molecule has 1 saturated carbocycles. The van der Waals surface area contributed by atoms with Gasteiger partial charge in [-0.2, -0.15) is 0 Å². The molecule has 29 heavy (non-hydrogen) atoms. The average Bonchev–Trinajstić information content (AvgIpc) is 3.06. The summed E-state index contributed by atoms with van der Waals surface area (Å²) >= 11 is 0. The molecule has 2 fully saturated rings. The largest absolute Gasteiger partial charge is 0.446 e. The van der Waals surface area contributed by atoms with Gasteiger partial charge in [-0.25, -0.2) is 4.79 Å². The van der Waals surface area contributed by atoms with Crippen LogP contribution in [0.3, 0.4) is 0 Å². The Morgan fingerprint density at radius 2 is 1.76 bits per heavy atom. The maximum Gasteiger partial charge on any atom is 0.411 e. The highest BCUT2D eigenvalue weighted by molar-refractivity contribution is 6.00. The number of nitrogens with zero attached hydrogens (tertiary/aromatic N) is 1. The molecule has 5 heteroatoms. The fourth-order valence-corrected chi connectivity index (χ4v) is 4.52. The minimum Gasteiger partial charge on any atom is -0.446 e. The van der Waals surface area contributed by atoms with Crippen molar-refractivity contribution in [3.05, 3.63) is 60.2 Å². The lowest BCUT2D eigenvalue weighted by Crippen LogP contribution is -2.39. The standard InChI is InChI=1S/C24H28N2O3/c1-2-18-8-10-20(11-9-18)26-17-16-24(22(26)27)14-12-21(13-15-24)29-23(28)25-19-6-4-3-5-7-19/h3-11,21H,2,12-17H2,1H3,(H,25,28)/t21-,24-. The summed E-state index contributed by atoms with van der Waals surface area (Å²) in [5.41, 5.74) is 2.70. The number of aryl methyl sites for hydroxylation is 1. The van der Waals surface area contributed by atoms with Gasteiger partial charge in [0, 0.05) is 17.9 Å². The molecule has 2 aromatic carbocycles. The predicted octanol–water partition coefficient (Wildman–Crippen LogP) is 5.16. The maximum atomic E-state index is 13.2. The number of nitrogens with one attached hydrogen (secondary N) is 1. The van der Waals surface area contributed by atoms with Gasteiger partial charge in [0.15, 0.2) is 0 Å². The van der Waals surface area contributed by atoms with E-state index in [4.69, 9.17) is 4.74 Å². The summed E-state index contributed by atoms with van der Waals surface area (Å²) in [4.78, 5) is 27.3. The van der Waals surface area contributed by atoms with Crippen molar-refractivity contribution in [3.8, 4) is 0 Å². The van der Waals surface area contributed by atoms with Gasteiger partial charge in [-0.05, 0) is 68.4 Å². The van der Waals surface area contributed by atoms with Crippen LogP contribution in [0.4, 0.5) is 16.2 Å². The van der Waals surface area contributed by atoms with Gasteiger partial charge in [-0.3, -0.25) is 10.1 Å². The molecule has 1 heterocycles. The topological polar surface area (TPSA) is 58.6 Å². The third-order valence-electron chi connectivity index (χ3n) is 6.35. The Morgan fingerprint density at radius 3 is 2.41 bits per heavy atom. The van der Waals surface area contributed by atoms with Crippen LogP contribution in [-0.4, -0.2) is 24.6 Å². The molecule has 2 aliphatic rings. The summed E-state index contributed by atoms with van der Waals surface area (Å²) in [6.45, 7) is 2.90. The number of hydrogen-bond donors (Lipinski definition) is 1. The van der Waals surface area contributed by atoms with Crippen molar-refractivity contribution < 1.29 is 14.3 Å². The van der Waals surface area contributed by atoms with Crippen molar-refractivity contribution in [1.82, 2.24) is 0 Å². The highest BCUT2D eigenvalue weighted by Crippen LogP contribution is 2.46. The zero-order chi connectivity index (χ0) is 20.3. The van der Waals surface area contributed by atoms with E-state index in [2.05, 4.69) is 36.5 Å². The molecule has 1 N–H and O–H groups in total. The molecule has 1 aliphatic heterocycles. The van der Waals surface area contributed by atoms with Gasteiger partial charge in [-0.1, -0.05) is 37.3 Å². The Bertz CT molecular complexity index is 855. The average molecular weight is 392 g/mol. The van der Waals surface area contributed by atoms with Crippen LogP contribution in [0.5, 0.6) is 0 Å². The van der Waals surface area contributed by atoms with Crippen LogP contribution in [-0.2, 0) is 16.0 Å². The summed E-state index contributed by atoms with van der Waals surface area (Å²) in [6, 6.07) is 17.6. The molecule has 1 spiro atoms. The van der Waals surface area contributed by atoms with E-state index in [1.165, 1.54) is 5.56 Å². The number of benzene rings is 2. The summed E-state index contributed by atoms with van der Waals surface area (Å²) in [7, 11) is 0. The fraction of sp³-hybridized carbons (Fsp3) is 0.417. The van der Waals surface area contributed by atoms with Gasteiger partial charge >= 0.3 is 6.09 Å². The van der Waals surface area contributed by atoms with Crippen molar-refractivity contribution in [2.45, 2.75) is 51.6 Å². The predicted molar refractivity (Wildman–Crippen MR) is 114 cm³/mol. The third-order valence-corrected chi connectivity index (χ3v) is 6.35. The number of amides is 2. The normalized spacial score (nSPS) is 24.0. The van der Waals surface area contributed by atoms with Crippen molar-refractivity contribution in [1.29, 1.82) is 0 Å². The maximum absolute atomic E-state index is 13.2. The van der Waals surface area contributed by atoms with E-state index in [0.717, 1.165) is 56.4 Å². The Labute approximate surface area is 172 Å². The molecule has 0 aromatic heterocycles.